The van der Waals surface area contributed by atoms with Gasteiger partial charge in [-0.05, 0) is 62.9 Å². The Morgan fingerprint density at radius 2 is 2.11 bits per heavy atom. The second-order valence-electron chi connectivity index (χ2n) is 7.32. The van der Waals surface area contributed by atoms with Gasteiger partial charge in [-0.15, -0.1) is 11.3 Å². The second-order valence-corrected chi connectivity index (χ2v) is 8.35. The molecule has 7 heteroatoms. The average Bonchev–Trinajstić information content (AvgIpc) is 3.23. The lowest BCUT2D eigenvalue weighted by atomic mass is 9.92. The molecule has 4 rings (SSSR count). The van der Waals surface area contributed by atoms with Crippen LogP contribution in [0.2, 0.25) is 0 Å². The molecule has 1 amide bonds. The molecule has 1 fully saturated rings. The van der Waals surface area contributed by atoms with Gasteiger partial charge >= 0.3 is 0 Å². The van der Waals surface area contributed by atoms with Gasteiger partial charge in [-0.3, -0.25) is 4.79 Å². The number of benzene rings is 1. The standard InChI is InChI=1S/C20H23FN4OS/c1-12(22)14-4-3-9-24(11-14)19(26)18-10-17-13(2)23-25(20(17)27-18)16-7-5-15(21)6-8-16/h5-8,10,12,14H,3-4,9,11,22H2,1-2H3. The molecule has 1 aliphatic heterocycles. The van der Waals surface area contributed by atoms with Gasteiger partial charge in [0, 0.05) is 24.5 Å². The minimum absolute atomic E-state index is 0.0617. The summed E-state index contributed by atoms with van der Waals surface area (Å²) in [6.07, 6.45) is 2.07. The van der Waals surface area contributed by atoms with Crippen molar-refractivity contribution in [2.75, 3.05) is 13.1 Å². The zero-order valence-electron chi connectivity index (χ0n) is 15.5. The normalized spacial score (nSPS) is 18.8. The van der Waals surface area contributed by atoms with E-state index < -0.39 is 0 Å². The molecule has 27 heavy (non-hydrogen) atoms. The molecule has 0 saturated carbocycles. The number of carbonyl (C=O) groups is 1. The van der Waals surface area contributed by atoms with E-state index in [4.69, 9.17) is 5.73 Å². The van der Waals surface area contributed by atoms with Gasteiger partial charge in [0.15, 0.2) is 0 Å². The van der Waals surface area contributed by atoms with Crippen LogP contribution in [0.5, 0.6) is 0 Å². The summed E-state index contributed by atoms with van der Waals surface area (Å²) < 4.78 is 15.0. The third-order valence-corrected chi connectivity index (χ3v) is 6.41. The fourth-order valence-electron chi connectivity index (χ4n) is 3.69. The molecule has 2 N–H and O–H groups in total. The number of hydrogen-bond acceptors (Lipinski definition) is 4. The Labute approximate surface area is 161 Å². The third kappa shape index (κ3) is 3.37. The highest BCUT2D eigenvalue weighted by Gasteiger charge is 2.28. The van der Waals surface area contributed by atoms with Crippen LogP contribution >= 0.6 is 11.3 Å². The summed E-state index contributed by atoms with van der Waals surface area (Å²) in [5, 5.41) is 5.53. The van der Waals surface area contributed by atoms with Crippen LogP contribution in [0.15, 0.2) is 30.3 Å². The Bertz CT molecular complexity index is 976. The average molecular weight is 386 g/mol. The molecule has 2 atom stereocenters. The van der Waals surface area contributed by atoms with Crippen LogP contribution in [-0.2, 0) is 0 Å². The highest BCUT2D eigenvalue weighted by atomic mass is 32.1. The first-order valence-electron chi connectivity index (χ1n) is 9.24. The third-order valence-electron chi connectivity index (χ3n) is 5.32. The largest absolute Gasteiger partial charge is 0.338 e. The molecule has 142 valence electrons. The number of nitrogens with two attached hydrogens (primary N) is 1. The fourth-order valence-corrected chi connectivity index (χ4v) is 4.84. The quantitative estimate of drug-likeness (QED) is 0.746. The van der Waals surface area contributed by atoms with Gasteiger partial charge in [-0.25, -0.2) is 9.07 Å². The van der Waals surface area contributed by atoms with Crippen molar-refractivity contribution in [3.8, 4) is 5.69 Å². The van der Waals surface area contributed by atoms with Crippen molar-refractivity contribution in [2.45, 2.75) is 32.7 Å². The first-order chi connectivity index (χ1) is 12.9. The maximum Gasteiger partial charge on any atom is 0.264 e. The molecule has 2 aromatic heterocycles. The molecule has 0 radical (unpaired) electrons. The minimum Gasteiger partial charge on any atom is -0.338 e. The zero-order valence-corrected chi connectivity index (χ0v) is 16.3. The number of hydrogen-bond donors (Lipinski definition) is 1. The number of aryl methyl sites for hydroxylation is 1. The number of aromatic nitrogens is 2. The van der Waals surface area contributed by atoms with Gasteiger partial charge in [0.25, 0.3) is 5.91 Å². The van der Waals surface area contributed by atoms with Crippen LogP contribution in [0, 0.1) is 18.7 Å². The fraction of sp³-hybridized carbons (Fsp3) is 0.400. The van der Waals surface area contributed by atoms with E-state index in [1.165, 1.54) is 23.5 Å². The van der Waals surface area contributed by atoms with E-state index in [2.05, 4.69) is 5.10 Å². The molecular formula is C20H23FN4OS. The summed E-state index contributed by atoms with van der Waals surface area (Å²) in [4.78, 5) is 16.6. The predicted molar refractivity (Wildman–Crippen MR) is 106 cm³/mol. The van der Waals surface area contributed by atoms with Crippen molar-refractivity contribution in [1.29, 1.82) is 0 Å². The molecule has 3 aromatic rings. The highest BCUT2D eigenvalue weighted by molar-refractivity contribution is 7.20. The molecule has 1 saturated heterocycles. The number of halogens is 1. The van der Waals surface area contributed by atoms with Crippen LogP contribution in [0.1, 0.15) is 35.1 Å². The van der Waals surface area contributed by atoms with E-state index in [1.807, 2.05) is 24.8 Å². The van der Waals surface area contributed by atoms with E-state index in [0.717, 1.165) is 41.0 Å². The Morgan fingerprint density at radius 3 is 2.81 bits per heavy atom. The lowest BCUT2D eigenvalue weighted by Crippen LogP contribution is -2.44. The summed E-state index contributed by atoms with van der Waals surface area (Å²) in [7, 11) is 0. The van der Waals surface area contributed by atoms with Crippen molar-refractivity contribution >= 4 is 27.5 Å². The molecule has 5 nitrogen and oxygen atoms in total. The van der Waals surface area contributed by atoms with Crippen LogP contribution in [0.4, 0.5) is 4.39 Å². The van der Waals surface area contributed by atoms with E-state index in [-0.39, 0.29) is 17.8 Å². The van der Waals surface area contributed by atoms with Crippen molar-refractivity contribution in [3.63, 3.8) is 0 Å². The van der Waals surface area contributed by atoms with E-state index in [0.29, 0.717) is 17.3 Å². The number of likely N-dealkylation sites (tertiary alicyclic amines) is 1. The Morgan fingerprint density at radius 1 is 1.37 bits per heavy atom. The maximum atomic E-state index is 13.2. The number of piperidine rings is 1. The summed E-state index contributed by atoms with van der Waals surface area (Å²) in [6, 6.07) is 8.25. The van der Waals surface area contributed by atoms with Crippen molar-refractivity contribution in [2.24, 2.45) is 11.7 Å². The zero-order chi connectivity index (χ0) is 19.1. The van der Waals surface area contributed by atoms with Crippen molar-refractivity contribution in [1.82, 2.24) is 14.7 Å². The van der Waals surface area contributed by atoms with Gasteiger partial charge in [-0.1, -0.05) is 0 Å². The monoisotopic (exact) mass is 386 g/mol. The summed E-state index contributed by atoms with van der Waals surface area (Å²) >= 11 is 1.44. The first-order valence-corrected chi connectivity index (χ1v) is 10.1. The summed E-state index contributed by atoms with van der Waals surface area (Å²) in [5.74, 6) is 0.134. The van der Waals surface area contributed by atoms with Gasteiger partial charge in [0.2, 0.25) is 0 Å². The van der Waals surface area contributed by atoms with Crippen LogP contribution in [0.25, 0.3) is 15.9 Å². The lowest BCUT2D eigenvalue weighted by Gasteiger charge is -2.34. The Balaban J connectivity index is 1.66. The van der Waals surface area contributed by atoms with Crippen LogP contribution in [0.3, 0.4) is 0 Å². The maximum absolute atomic E-state index is 13.2. The van der Waals surface area contributed by atoms with Crippen molar-refractivity contribution < 1.29 is 9.18 Å². The number of carbonyl (C=O) groups excluding carboxylic acids is 1. The number of rotatable bonds is 3. The number of nitrogens with zero attached hydrogens (tertiary/aromatic N) is 3. The number of thiophene rings is 1. The molecule has 1 aliphatic rings. The van der Waals surface area contributed by atoms with Crippen molar-refractivity contribution in [3.05, 3.63) is 46.7 Å². The van der Waals surface area contributed by atoms with E-state index in [9.17, 15) is 9.18 Å². The molecule has 2 unspecified atom stereocenters. The van der Waals surface area contributed by atoms with E-state index >= 15 is 0 Å². The van der Waals surface area contributed by atoms with Crippen LogP contribution in [-0.4, -0.2) is 39.7 Å². The van der Waals surface area contributed by atoms with Gasteiger partial charge in [0.1, 0.15) is 10.6 Å². The predicted octanol–water partition coefficient (Wildman–Crippen LogP) is 3.73. The smallest absolute Gasteiger partial charge is 0.264 e. The Hall–Kier alpha value is -2.25. The van der Waals surface area contributed by atoms with Gasteiger partial charge in [-0.2, -0.15) is 5.10 Å². The molecule has 0 aliphatic carbocycles. The summed E-state index contributed by atoms with van der Waals surface area (Å²) in [6.45, 7) is 5.43. The topological polar surface area (TPSA) is 64.2 Å². The molecule has 0 spiro atoms. The highest BCUT2D eigenvalue weighted by Crippen LogP contribution is 2.32. The first kappa shape index (κ1) is 18.1. The number of amides is 1. The minimum atomic E-state index is -0.283. The molecular weight excluding hydrogens is 363 g/mol. The molecule has 0 bridgehead atoms. The summed E-state index contributed by atoms with van der Waals surface area (Å²) in [5.41, 5.74) is 7.69. The second kappa shape index (κ2) is 7.05. The number of fused-ring (bicyclic) bond motifs is 1. The lowest BCUT2D eigenvalue weighted by molar-refractivity contribution is 0.0666. The molecule has 3 heterocycles. The SMILES string of the molecule is Cc1nn(-c2ccc(F)cc2)c2sc(C(=O)N3CCCC(C(C)N)C3)cc12. The van der Waals surface area contributed by atoms with Gasteiger partial charge < -0.3 is 10.6 Å². The van der Waals surface area contributed by atoms with E-state index in [1.54, 1.807) is 16.8 Å². The Kier molecular flexibility index (Phi) is 4.74. The van der Waals surface area contributed by atoms with Crippen LogP contribution < -0.4 is 5.73 Å². The molecule has 1 aromatic carbocycles. The van der Waals surface area contributed by atoms with Gasteiger partial charge in [0.05, 0.1) is 16.3 Å².